The number of carbonyl (C=O) groups is 1. The summed E-state index contributed by atoms with van der Waals surface area (Å²) in [5.41, 5.74) is 0.196. The van der Waals surface area contributed by atoms with Crippen LogP contribution in [0.25, 0.3) is 0 Å². The minimum absolute atomic E-state index is 0.102. The van der Waals surface area contributed by atoms with E-state index < -0.39 is 4.92 Å². The minimum atomic E-state index is -0.516. The monoisotopic (exact) mass is 380 g/mol. The summed E-state index contributed by atoms with van der Waals surface area (Å²) in [5, 5.41) is 14.2. The Morgan fingerprint density at radius 1 is 1.28 bits per heavy atom. The van der Waals surface area contributed by atoms with Crippen LogP contribution in [-0.2, 0) is 4.79 Å². The molecule has 0 aliphatic rings. The highest BCUT2D eigenvalue weighted by Gasteiger charge is 2.13. The van der Waals surface area contributed by atoms with E-state index in [2.05, 4.69) is 5.32 Å². The van der Waals surface area contributed by atoms with E-state index in [1.54, 1.807) is 11.8 Å². The second-order valence-electron chi connectivity index (χ2n) is 5.10. The first kappa shape index (κ1) is 19.1. The topological polar surface area (TPSA) is 81.5 Å². The molecular weight excluding hydrogens is 364 g/mol. The quantitative estimate of drug-likeness (QED) is 0.309. The Hall–Kier alpha value is -2.25. The standard InChI is InChI=1S/C17H17ClN2O4S/c1-24-16-9-6-13(20(22)23)11-15(16)19-17(21)3-2-10-25-14-7-4-12(18)5-8-14/h4-9,11H,2-3,10H2,1H3,(H,19,21). The Balaban J connectivity index is 1.84. The van der Waals surface area contributed by atoms with Crippen molar-refractivity contribution < 1.29 is 14.5 Å². The van der Waals surface area contributed by atoms with Crippen LogP contribution in [0.3, 0.4) is 0 Å². The highest BCUT2D eigenvalue weighted by atomic mass is 35.5. The number of ether oxygens (including phenoxy) is 1. The molecule has 0 heterocycles. The first-order valence-corrected chi connectivity index (χ1v) is 8.86. The van der Waals surface area contributed by atoms with Crippen molar-refractivity contribution in [3.05, 3.63) is 57.6 Å². The van der Waals surface area contributed by atoms with Crippen LogP contribution >= 0.6 is 23.4 Å². The third kappa shape index (κ3) is 5.95. The summed E-state index contributed by atoms with van der Waals surface area (Å²) < 4.78 is 5.12. The molecule has 0 saturated carbocycles. The second kappa shape index (κ2) is 9.29. The highest BCUT2D eigenvalue weighted by Crippen LogP contribution is 2.29. The molecule has 2 aromatic rings. The van der Waals surface area contributed by atoms with Crippen molar-refractivity contribution in [3.8, 4) is 5.75 Å². The van der Waals surface area contributed by atoms with Gasteiger partial charge in [0, 0.05) is 28.5 Å². The number of amides is 1. The van der Waals surface area contributed by atoms with E-state index in [1.807, 2.05) is 24.3 Å². The number of hydrogen-bond acceptors (Lipinski definition) is 5. The SMILES string of the molecule is COc1ccc([N+](=O)[O-])cc1NC(=O)CCCSc1ccc(Cl)cc1. The molecule has 1 amide bonds. The molecule has 0 aliphatic carbocycles. The second-order valence-corrected chi connectivity index (χ2v) is 6.70. The lowest BCUT2D eigenvalue weighted by Crippen LogP contribution is -2.12. The van der Waals surface area contributed by atoms with Crippen LogP contribution in [0.2, 0.25) is 5.02 Å². The molecule has 0 aliphatic heterocycles. The highest BCUT2D eigenvalue weighted by molar-refractivity contribution is 7.99. The summed E-state index contributed by atoms with van der Waals surface area (Å²) in [5.74, 6) is 0.950. The first-order valence-electron chi connectivity index (χ1n) is 7.50. The Bertz CT molecular complexity index is 753. The van der Waals surface area contributed by atoms with Crippen LogP contribution in [-0.4, -0.2) is 23.7 Å². The molecule has 0 aromatic heterocycles. The molecule has 2 rings (SSSR count). The van der Waals surface area contributed by atoms with Gasteiger partial charge in [0.15, 0.2) is 0 Å². The predicted octanol–water partition coefficient (Wildman–Crippen LogP) is 4.77. The number of methoxy groups -OCH3 is 1. The summed E-state index contributed by atoms with van der Waals surface area (Å²) in [6, 6.07) is 11.6. The molecule has 132 valence electrons. The van der Waals surface area contributed by atoms with Crippen molar-refractivity contribution in [2.75, 3.05) is 18.2 Å². The number of benzene rings is 2. The maximum Gasteiger partial charge on any atom is 0.271 e. The zero-order valence-electron chi connectivity index (χ0n) is 13.5. The van der Waals surface area contributed by atoms with Gasteiger partial charge in [0.1, 0.15) is 5.75 Å². The smallest absolute Gasteiger partial charge is 0.271 e. The van der Waals surface area contributed by atoms with Crippen LogP contribution in [0.15, 0.2) is 47.4 Å². The van der Waals surface area contributed by atoms with Gasteiger partial charge in [0.05, 0.1) is 17.7 Å². The maximum absolute atomic E-state index is 12.1. The lowest BCUT2D eigenvalue weighted by molar-refractivity contribution is -0.384. The van der Waals surface area contributed by atoms with Gasteiger partial charge in [-0.1, -0.05) is 11.6 Å². The normalized spacial score (nSPS) is 10.3. The number of thioether (sulfide) groups is 1. The molecule has 25 heavy (non-hydrogen) atoms. The van der Waals surface area contributed by atoms with Gasteiger partial charge >= 0.3 is 0 Å². The number of nitro groups is 1. The minimum Gasteiger partial charge on any atom is -0.495 e. The van der Waals surface area contributed by atoms with Crippen LogP contribution in [0.4, 0.5) is 11.4 Å². The van der Waals surface area contributed by atoms with E-state index in [-0.39, 0.29) is 11.6 Å². The van der Waals surface area contributed by atoms with E-state index in [9.17, 15) is 14.9 Å². The van der Waals surface area contributed by atoms with Gasteiger partial charge in [-0.15, -0.1) is 11.8 Å². The number of nitro benzene ring substituents is 1. The maximum atomic E-state index is 12.1. The van der Waals surface area contributed by atoms with Crippen molar-refractivity contribution >= 4 is 40.6 Å². The van der Waals surface area contributed by atoms with Crippen LogP contribution in [0, 0.1) is 10.1 Å². The van der Waals surface area contributed by atoms with Gasteiger partial charge in [0.2, 0.25) is 5.91 Å². The van der Waals surface area contributed by atoms with Crippen LogP contribution in [0.5, 0.6) is 5.75 Å². The Morgan fingerprint density at radius 2 is 2.00 bits per heavy atom. The number of nitrogens with zero attached hydrogens (tertiary/aromatic N) is 1. The van der Waals surface area contributed by atoms with E-state index in [0.717, 1.165) is 10.6 Å². The summed E-state index contributed by atoms with van der Waals surface area (Å²) in [6.07, 6.45) is 0.989. The van der Waals surface area contributed by atoms with Crippen molar-refractivity contribution in [3.63, 3.8) is 0 Å². The number of carbonyl (C=O) groups excluding carboxylic acids is 1. The number of halogens is 1. The van der Waals surface area contributed by atoms with Crippen LogP contribution < -0.4 is 10.1 Å². The van der Waals surface area contributed by atoms with Gasteiger partial charge in [-0.05, 0) is 42.5 Å². The first-order chi connectivity index (χ1) is 12.0. The number of rotatable bonds is 8. The molecule has 1 N–H and O–H groups in total. The number of anilines is 1. The van der Waals surface area contributed by atoms with Crippen molar-refractivity contribution in [1.82, 2.24) is 0 Å². The average molecular weight is 381 g/mol. The molecule has 0 unspecified atom stereocenters. The fourth-order valence-electron chi connectivity index (χ4n) is 2.07. The average Bonchev–Trinajstić information content (AvgIpc) is 2.60. The predicted molar refractivity (Wildman–Crippen MR) is 99.7 cm³/mol. The zero-order valence-corrected chi connectivity index (χ0v) is 15.1. The largest absolute Gasteiger partial charge is 0.495 e. The van der Waals surface area contributed by atoms with E-state index in [1.165, 1.54) is 25.3 Å². The summed E-state index contributed by atoms with van der Waals surface area (Å²) in [4.78, 5) is 23.5. The Kier molecular flexibility index (Phi) is 7.09. The Morgan fingerprint density at radius 3 is 2.64 bits per heavy atom. The molecule has 8 heteroatoms. The van der Waals surface area contributed by atoms with Gasteiger partial charge < -0.3 is 10.1 Å². The molecule has 6 nitrogen and oxygen atoms in total. The lowest BCUT2D eigenvalue weighted by Gasteiger charge is -2.10. The molecule has 0 bridgehead atoms. The van der Waals surface area contributed by atoms with Gasteiger partial charge in [-0.3, -0.25) is 14.9 Å². The van der Waals surface area contributed by atoms with E-state index >= 15 is 0 Å². The number of non-ortho nitro benzene ring substituents is 1. The third-order valence-corrected chi connectivity index (χ3v) is 4.65. The molecule has 0 spiro atoms. The van der Waals surface area contributed by atoms with Gasteiger partial charge in [0.25, 0.3) is 5.69 Å². The molecule has 0 radical (unpaired) electrons. The van der Waals surface area contributed by atoms with Crippen molar-refractivity contribution in [2.24, 2.45) is 0 Å². The molecule has 0 saturated heterocycles. The number of hydrogen-bond donors (Lipinski definition) is 1. The van der Waals surface area contributed by atoms with Crippen molar-refractivity contribution in [2.45, 2.75) is 17.7 Å². The lowest BCUT2D eigenvalue weighted by atomic mass is 10.2. The van der Waals surface area contributed by atoms with Crippen LogP contribution in [0.1, 0.15) is 12.8 Å². The summed E-state index contributed by atoms with van der Waals surface area (Å²) in [7, 11) is 1.44. The fraction of sp³-hybridized carbons (Fsp3) is 0.235. The number of nitrogens with one attached hydrogen (secondary N) is 1. The van der Waals surface area contributed by atoms with E-state index in [4.69, 9.17) is 16.3 Å². The zero-order chi connectivity index (χ0) is 18.2. The van der Waals surface area contributed by atoms with Gasteiger partial charge in [-0.25, -0.2) is 0 Å². The molecule has 0 atom stereocenters. The molecule has 2 aromatic carbocycles. The third-order valence-electron chi connectivity index (χ3n) is 3.30. The van der Waals surface area contributed by atoms with Gasteiger partial charge in [-0.2, -0.15) is 0 Å². The summed E-state index contributed by atoms with van der Waals surface area (Å²) >= 11 is 7.47. The van der Waals surface area contributed by atoms with Crippen molar-refractivity contribution in [1.29, 1.82) is 0 Å². The fourth-order valence-corrected chi connectivity index (χ4v) is 3.05. The summed E-state index contributed by atoms with van der Waals surface area (Å²) in [6.45, 7) is 0. The van der Waals surface area contributed by atoms with E-state index in [0.29, 0.717) is 29.3 Å². The molecule has 0 fully saturated rings. The Labute approximate surface area is 154 Å². The molecular formula is C17H17ClN2O4S.